The number of nitrogens with two attached hydrogens (primary N) is 2. The van der Waals surface area contributed by atoms with E-state index in [1.54, 1.807) is 18.2 Å². The summed E-state index contributed by atoms with van der Waals surface area (Å²) in [4.78, 5) is 23.7. The molecule has 0 radical (unpaired) electrons. The van der Waals surface area contributed by atoms with E-state index < -0.39 is 29.7 Å². The number of urea groups is 1. The first-order chi connectivity index (χ1) is 13.1. The summed E-state index contributed by atoms with van der Waals surface area (Å²) in [7, 11) is 0. The number of amides is 3. The highest BCUT2D eigenvalue weighted by atomic mass is 19.4. The van der Waals surface area contributed by atoms with Crippen LogP contribution in [0.5, 0.6) is 0 Å². The fourth-order valence-corrected chi connectivity index (χ4v) is 2.83. The molecule has 150 valence electrons. The Kier molecular flexibility index (Phi) is 6.63. The van der Waals surface area contributed by atoms with Gasteiger partial charge in [0.25, 0.3) is 0 Å². The molecule has 9 heteroatoms. The molecule has 0 saturated carbocycles. The van der Waals surface area contributed by atoms with E-state index in [0.29, 0.717) is 5.56 Å². The lowest BCUT2D eigenvalue weighted by Crippen LogP contribution is -2.35. The molecule has 3 amide bonds. The smallest absolute Gasteiger partial charge is 0.352 e. The highest BCUT2D eigenvalue weighted by molar-refractivity contribution is 5.91. The highest BCUT2D eigenvalue weighted by Crippen LogP contribution is 2.32. The van der Waals surface area contributed by atoms with Gasteiger partial charge in [-0.05, 0) is 41.8 Å². The number of alkyl halides is 3. The van der Waals surface area contributed by atoms with Crippen molar-refractivity contribution in [3.05, 3.63) is 64.7 Å². The van der Waals surface area contributed by atoms with Gasteiger partial charge in [0.2, 0.25) is 5.91 Å². The molecule has 0 aliphatic rings. The number of carbonyl (C=O) groups excluding carboxylic acids is 2. The lowest BCUT2D eigenvalue weighted by atomic mass is 9.98. The molecule has 2 rings (SSSR count). The molecule has 0 bridgehead atoms. The quantitative estimate of drug-likeness (QED) is 0.604. The zero-order valence-electron chi connectivity index (χ0n) is 15.1. The third kappa shape index (κ3) is 5.71. The number of carbonyl (C=O) groups is 2. The van der Waals surface area contributed by atoms with E-state index in [0.717, 1.165) is 17.7 Å². The van der Waals surface area contributed by atoms with Gasteiger partial charge in [-0.1, -0.05) is 24.3 Å². The van der Waals surface area contributed by atoms with Gasteiger partial charge in [-0.2, -0.15) is 13.2 Å². The van der Waals surface area contributed by atoms with Crippen molar-refractivity contribution in [2.45, 2.75) is 32.1 Å². The topological polar surface area (TPSA) is 110 Å². The van der Waals surface area contributed by atoms with Crippen molar-refractivity contribution in [3.63, 3.8) is 0 Å². The summed E-state index contributed by atoms with van der Waals surface area (Å²) >= 11 is 0. The van der Waals surface area contributed by atoms with E-state index in [-0.39, 0.29) is 24.2 Å². The molecule has 0 spiro atoms. The molecule has 2 aromatic carbocycles. The Bertz CT molecular complexity index is 868. The van der Waals surface area contributed by atoms with Gasteiger partial charge in [0, 0.05) is 12.2 Å². The van der Waals surface area contributed by atoms with Crippen LogP contribution >= 0.6 is 0 Å². The Hall–Kier alpha value is -3.07. The minimum Gasteiger partial charge on any atom is -0.352 e. The molecule has 1 unspecified atom stereocenters. The van der Waals surface area contributed by atoms with Crippen LogP contribution in [0.1, 0.15) is 34.7 Å². The summed E-state index contributed by atoms with van der Waals surface area (Å²) < 4.78 is 39.1. The minimum absolute atomic E-state index is 0.0251. The normalized spacial score (nSPS) is 12.3. The van der Waals surface area contributed by atoms with Crippen LogP contribution in [0.2, 0.25) is 0 Å². The lowest BCUT2D eigenvalue weighted by Gasteiger charge is -2.20. The predicted octanol–water partition coefficient (Wildman–Crippen LogP) is 3.21. The van der Waals surface area contributed by atoms with E-state index in [1.807, 2.05) is 13.0 Å². The van der Waals surface area contributed by atoms with Gasteiger partial charge < -0.3 is 22.1 Å². The first-order valence-electron chi connectivity index (χ1n) is 8.42. The Labute approximate surface area is 160 Å². The third-order valence-corrected chi connectivity index (χ3v) is 4.11. The third-order valence-electron chi connectivity index (χ3n) is 4.11. The highest BCUT2D eigenvalue weighted by Gasteiger charge is 2.31. The fraction of sp³-hybridized carbons (Fsp3) is 0.263. The average Bonchev–Trinajstić information content (AvgIpc) is 2.60. The van der Waals surface area contributed by atoms with Crippen LogP contribution in [0, 0.1) is 6.92 Å². The van der Waals surface area contributed by atoms with Gasteiger partial charge in [-0.15, -0.1) is 0 Å². The summed E-state index contributed by atoms with van der Waals surface area (Å²) in [6.45, 7) is 1.70. The molecule has 6 N–H and O–H groups in total. The maximum atomic E-state index is 13.0. The van der Waals surface area contributed by atoms with Gasteiger partial charge >= 0.3 is 12.2 Å². The summed E-state index contributed by atoms with van der Waals surface area (Å²) in [5.41, 5.74) is 11.5. The van der Waals surface area contributed by atoms with Crippen molar-refractivity contribution in [1.82, 2.24) is 5.32 Å². The minimum atomic E-state index is -4.57. The summed E-state index contributed by atoms with van der Waals surface area (Å²) in [6, 6.07) is 8.69. The first-order valence-corrected chi connectivity index (χ1v) is 8.42. The van der Waals surface area contributed by atoms with Crippen LogP contribution in [0.15, 0.2) is 42.5 Å². The second-order valence-electron chi connectivity index (χ2n) is 6.29. The van der Waals surface area contributed by atoms with Crippen molar-refractivity contribution in [1.29, 1.82) is 0 Å². The SMILES string of the molecule is Cc1ccccc1C(CC(=O)Nc1cc(CN)cc(C(F)(F)F)c1)NC(N)=O. The van der Waals surface area contributed by atoms with E-state index in [2.05, 4.69) is 10.6 Å². The number of aryl methyl sites for hydroxylation is 1. The van der Waals surface area contributed by atoms with E-state index in [9.17, 15) is 22.8 Å². The van der Waals surface area contributed by atoms with Crippen molar-refractivity contribution in [2.75, 3.05) is 5.32 Å². The van der Waals surface area contributed by atoms with Crippen molar-refractivity contribution in [2.24, 2.45) is 11.5 Å². The molecule has 0 fully saturated rings. The summed E-state index contributed by atoms with van der Waals surface area (Å²) in [6.07, 6.45) is -4.77. The van der Waals surface area contributed by atoms with Crippen molar-refractivity contribution >= 4 is 17.6 Å². The fourth-order valence-electron chi connectivity index (χ4n) is 2.83. The maximum Gasteiger partial charge on any atom is 0.416 e. The van der Waals surface area contributed by atoms with Crippen LogP contribution < -0.4 is 22.1 Å². The van der Waals surface area contributed by atoms with Gasteiger partial charge in [-0.25, -0.2) is 4.79 Å². The number of rotatable bonds is 6. The van der Waals surface area contributed by atoms with Crippen molar-refractivity contribution in [3.8, 4) is 0 Å². The Morgan fingerprint density at radius 2 is 1.82 bits per heavy atom. The zero-order chi connectivity index (χ0) is 20.9. The van der Waals surface area contributed by atoms with E-state index >= 15 is 0 Å². The Morgan fingerprint density at radius 3 is 2.39 bits per heavy atom. The van der Waals surface area contributed by atoms with Crippen LogP contribution in [0.4, 0.5) is 23.7 Å². The molecule has 0 heterocycles. The molecule has 0 aliphatic carbocycles. The van der Waals surface area contributed by atoms with Crippen LogP contribution in [0.3, 0.4) is 0 Å². The molecule has 2 aromatic rings. The summed E-state index contributed by atoms with van der Waals surface area (Å²) in [5.74, 6) is -0.579. The zero-order valence-corrected chi connectivity index (χ0v) is 15.1. The van der Waals surface area contributed by atoms with E-state index in [4.69, 9.17) is 11.5 Å². The monoisotopic (exact) mass is 394 g/mol. The number of anilines is 1. The second kappa shape index (κ2) is 8.75. The summed E-state index contributed by atoms with van der Waals surface area (Å²) in [5, 5.41) is 4.93. The first kappa shape index (κ1) is 21.2. The van der Waals surface area contributed by atoms with Crippen molar-refractivity contribution < 1.29 is 22.8 Å². The van der Waals surface area contributed by atoms with Crippen LogP contribution in [0.25, 0.3) is 0 Å². The number of nitrogens with one attached hydrogen (secondary N) is 2. The average molecular weight is 394 g/mol. The number of benzene rings is 2. The predicted molar refractivity (Wildman–Crippen MR) is 99.2 cm³/mol. The molecule has 0 aromatic heterocycles. The standard InChI is InChI=1S/C19H21F3N4O2/c1-11-4-2-3-5-15(11)16(26-18(24)28)9-17(27)25-14-7-12(10-23)6-13(8-14)19(20,21)22/h2-8,16H,9-10,23H2,1H3,(H,25,27)(H3,24,26,28). The molecule has 0 saturated heterocycles. The molecule has 0 aliphatic heterocycles. The van der Waals surface area contributed by atoms with Crippen LogP contribution in [-0.4, -0.2) is 11.9 Å². The van der Waals surface area contributed by atoms with Crippen LogP contribution in [-0.2, 0) is 17.5 Å². The number of hydrogen-bond acceptors (Lipinski definition) is 3. The second-order valence-corrected chi connectivity index (χ2v) is 6.29. The molecular weight excluding hydrogens is 373 g/mol. The Balaban J connectivity index is 2.23. The largest absolute Gasteiger partial charge is 0.416 e. The number of hydrogen-bond donors (Lipinski definition) is 4. The van der Waals surface area contributed by atoms with E-state index in [1.165, 1.54) is 6.07 Å². The molecule has 28 heavy (non-hydrogen) atoms. The number of primary amides is 1. The van der Waals surface area contributed by atoms with Gasteiger partial charge in [0.1, 0.15) is 0 Å². The molecular formula is C19H21F3N4O2. The van der Waals surface area contributed by atoms with Gasteiger partial charge in [0.15, 0.2) is 0 Å². The molecule has 6 nitrogen and oxygen atoms in total. The van der Waals surface area contributed by atoms with Gasteiger partial charge in [-0.3, -0.25) is 4.79 Å². The maximum absolute atomic E-state index is 13.0. The number of halogens is 3. The Morgan fingerprint density at radius 1 is 1.14 bits per heavy atom. The lowest BCUT2D eigenvalue weighted by molar-refractivity contribution is -0.137. The van der Waals surface area contributed by atoms with Gasteiger partial charge in [0.05, 0.1) is 18.0 Å². The molecule has 1 atom stereocenters.